The van der Waals surface area contributed by atoms with E-state index in [1.165, 1.54) is 13.1 Å². The van der Waals surface area contributed by atoms with E-state index in [1.807, 2.05) is 11.8 Å². The SMILES string of the molecule is CCC(=O)N1CC2CN(C)CC2C1. The van der Waals surface area contributed by atoms with Crippen LogP contribution in [0, 0.1) is 11.8 Å². The molecule has 2 aliphatic heterocycles. The van der Waals surface area contributed by atoms with Crippen molar-refractivity contribution >= 4 is 5.91 Å². The molecule has 1 amide bonds. The molecular formula is C10H18N2O. The summed E-state index contributed by atoms with van der Waals surface area (Å²) in [4.78, 5) is 15.9. The molecule has 0 N–H and O–H groups in total. The van der Waals surface area contributed by atoms with Crippen LogP contribution in [0.1, 0.15) is 13.3 Å². The second kappa shape index (κ2) is 3.29. The third kappa shape index (κ3) is 1.57. The Morgan fingerprint density at radius 2 is 1.77 bits per heavy atom. The summed E-state index contributed by atoms with van der Waals surface area (Å²) >= 11 is 0. The highest BCUT2D eigenvalue weighted by molar-refractivity contribution is 5.76. The minimum Gasteiger partial charge on any atom is -0.342 e. The molecule has 2 fully saturated rings. The van der Waals surface area contributed by atoms with E-state index in [9.17, 15) is 4.79 Å². The zero-order valence-corrected chi connectivity index (χ0v) is 8.49. The highest BCUT2D eigenvalue weighted by Gasteiger charge is 2.39. The van der Waals surface area contributed by atoms with Gasteiger partial charge in [-0.15, -0.1) is 0 Å². The number of rotatable bonds is 1. The van der Waals surface area contributed by atoms with Crippen LogP contribution >= 0.6 is 0 Å². The smallest absolute Gasteiger partial charge is 0.222 e. The van der Waals surface area contributed by atoms with Crippen LogP contribution in [0.5, 0.6) is 0 Å². The van der Waals surface area contributed by atoms with E-state index >= 15 is 0 Å². The highest BCUT2D eigenvalue weighted by Crippen LogP contribution is 2.30. The van der Waals surface area contributed by atoms with Gasteiger partial charge in [0.25, 0.3) is 0 Å². The number of nitrogens with zero attached hydrogens (tertiary/aromatic N) is 2. The average Bonchev–Trinajstić information content (AvgIpc) is 2.59. The minimum atomic E-state index is 0.331. The van der Waals surface area contributed by atoms with E-state index in [-0.39, 0.29) is 0 Å². The summed E-state index contributed by atoms with van der Waals surface area (Å²) < 4.78 is 0. The van der Waals surface area contributed by atoms with Gasteiger partial charge >= 0.3 is 0 Å². The van der Waals surface area contributed by atoms with Crippen LogP contribution in [0.15, 0.2) is 0 Å². The first-order valence-electron chi connectivity index (χ1n) is 5.17. The van der Waals surface area contributed by atoms with E-state index in [4.69, 9.17) is 0 Å². The Balaban J connectivity index is 1.93. The normalized spacial score (nSPS) is 33.8. The molecule has 74 valence electrons. The van der Waals surface area contributed by atoms with Crippen molar-refractivity contribution in [1.29, 1.82) is 0 Å². The Hall–Kier alpha value is -0.570. The van der Waals surface area contributed by atoms with Crippen molar-refractivity contribution in [3.05, 3.63) is 0 Å². The van der Waals surface area contributed by atoms with Gasteiger partial charge in [0.15, 0.2) is 0 Å². The van der Waals surface area contributed by atoms with Crippen LogP contribution in [0.25, 0.3) is 0 Å². The summed E-state index contributed by atoms with van der Waals surface area (Å²) in [6.45, 7) is 6.31. The van der Waals surface area contributed by atoms with Crippen molar-refractivity contribution in [2.45, 2.75) is 13.3 Å². The molecule has 13 heavy (non-hydrogen) atoms. The maximum Gasteiger partial charge on any atom is 0.222 e. The van der Waals surface area contributed by atoms with Gasteiger partial charge in [-0.2, -0.15) is 0 Å². The Morgan fingerprint density at radius 1 is 1.23 bits per heavy atom. The van der Waals surface area contributed by atoms with Gasteiger partial charge in [0.1, 0.15) is 0 Å². The van der Waals surface area contributed by atoms with Gasteiger partial charge in [0, 0.05) is 32.6 Å². The Kier molecular flexibility index (Phi) is 2.28. The first-order chi connectivity index (χ1) is 6.20. The Bertz CT molecular complexity index is 203. The first-order valence-corrected chi connectivity index (χ1v) is 5.17. The summed E-state index contributed by atoms with van der Waals surface area (Å²) in [6.07, 6.45) is 0.662. The van der Waals surface area contributed by atoms with Crippen molar-refractivity contribution in [3.8, 4) is 0 Å². The van der Waals surface area contributed by atoms with Crippen molar-refractivity contribution in [3.63, 3.8) is 0 Å². The molecule has 2 aliphatic rings. The predicted molar refractivity (Wildman–Crippen MR) is 51.3 cm³/mol. The lowest BCUT2D eigenvalue weighted by atomic mass is 10.0. The second-order valence-corrected chi connectivity index (χ2v) is 4.39. The molecule has 3 heteroatoms. The zero-order chi connectivity index (χ0) is 9.42. The van der Waals surface area contributed by atoms with Gasteiger partial charge in [-0.05, 0) is 18.9 Å². The molecule has 0 bridgehead atoms. The van der Waals surface area contributed by atoms with Crippen molar-refractivity contribution in [2.75, 3.05) is 33.2 Å². The molecule has 2 rings (SSSR count). The molecule has 0 spiro atoms. The molecule has 0 aromatic heterocycles. The van der Waals surface area contributed by atoms with Gasteiger partial charge in [-0.3, -0.25) is 4.79 Å². The number of fused-ring (bicyclic) bond motifs is 1. The molecule has 0 aromatic carbocycles. The van der Waals surface area contributed by atoms with Crippen LogP contribution in [0.3, 0.4) is 0 Å². The van der Waals surface area contributed by atoms with E-state index in [1.54, 1.807) is 0 Å². The molecular weight excluding hydrogens is 164 g/mol. The molecule has 0 saturated carbocycles. The monoisotopic (exact) mass is 182 g/mol. The fourth-order valence-corrected chi connectivity index (χ4v) is 2.65. The molecule has 0 aromatic rings. The molecule has 3 nitrogen and oxygen atoms in total. The zero-order valence-electron chi connectivity index (χ0n) is 8.49. The summed E-state index contributed by atoms with van der Waals surface area (Å²) in [5.41, 5.74) is 0. The largest absolute Gasteiger partial charge is 0.342 e. The van der Waals surface area contributed by atoms with Crippen molar-refractivity contribution in [2.24, 2.45) is 11.8 Å². The van der Waals surface area contributed by atoms with Crippen LogP contribution < -0.4 is 0 Å². The fourth-order valence-electron chi connectivity index (χ4n) is 2.65. The Labute approximate surface area is 79.7 Å². The maximum atomic E-state index is 11.4. The topological polar surface area (TPSA) is 23.6 Å². The first kappa shape index (κ1) is 9.00. The molecule has 0 aliphatic carbocycles. The summed E-state index contributed by atoms with van der Waals surface area (Å²) in [5, 5.41) is 0. The predicted octanol–water partition coefficient (Wildman–Crippen LogP) is 0.416. The lowest BCUT2D eigenvalue weighted by Gasteiger charge is -2.18. The van der Waals surface area contributed by atoms with Crippen molar-refractivity contribution < 1.29 is 4.79 Å². The highest BCUT2D eigenvalue weighted by atomic mass is 16.2. The number of carbonyl (C=O) groups excluding carboxylic acids is 1. The maximum absolute atomic E-state index is 11.4. The Morgan fingerprint density at radius 3 is 2.23 bits per heavy atom. The summed E-state index contributed by atoms with van der Waals surface area (Å²) in [6, 6.07) is 0. The van der Waals surface area contributed by atoms with Gasteiger partial charge in [-0.1, -0.05) is 6.92 Å². The third-order valence-electron chi connectivity index (χ3n) is 3.32. The summed E-state index contributed by atoms with van der Waals surface area (Å²) in [7, 11) is 2.17. The van der Waals surface area contributed by atoms with E-state index in [2.05, 4.69) is 11.9 Å². The number of hydrogen-bond donors (Lipinski definition) is 0. The van der Waals surface area contributed by atoms with Gasteiger partial charge in [0.2, 0.25) is 5.91 Å². The number of hydrogen-bond acceptors (Lipinski definition) is 2. The lowest BCUT2D eigenvalue weighted by Crippen LogP contribution is -2.31. The quantitative estimate of drug-likeness (QED) is 0.586. The second-order valence-electron chi connectivity index (χ2n) is 4.39. The number of amides is 1. The van der Waals surface area contributed by atoms with E-state index in [0.29, 0.717) is 12.3 Å². The minimum absolute atomic E-state index is 0.331. The number of carbonyl (C=O) groups is 1. The van der Waals surface area contributed by atoms with Crippen LogP contribution in [0.2, 0.25) is 0 Å². The number of likely N-dealkylation sites (tertiary alicyclic amines) is 2. The average molecular weight is 182 g/mol. The third-order valence-corrected chi connectivity index (χ3v) is 3.32. The van der Waals surface area contributed by atoms with Crippen LogP contribution in [-0.4, -0.2) is 48.9 Å². The lowest BCUT2D eigenvalue weighted by molar-refractivity contribution is -0.130. The van der Waals surface area contributed by atoms with Crippen molar-refractivity contribution in [1.82, 2.24) is 9.80 Å². The molecule has 2 unspecified atom stereocenters. The van der Waals surface area contributed by atoms with Crippen LogP contribution in [-0.2, 0) is 4.79 Å². The van der Waals surface area contributed by atoms with E-state index < -0.39 is 0 Å². The van der Waals surface area contributed by atoms with Gasteiger partial charge in [0.05, 0.1) is 0 Å². The van der Waals surface area contributed by atoms with Crippen LogP contribution in [0.4, 0.5) is 0 Å². The van der Waals surface area contributed by atoms with Gasteiger partial charge in [-0.25, -0.2) is 0 Å². The molecule has 0 radical (unpaired) electrons. The summed E-state index contributed by atoms with van der Waals surface area (Å²) in [5.74, 6) is 1.83. The fraction of sp³-hybridized carbons (Fsp3) is 0.900. The molecule has 2 heterocycles. The van der Waals surface area contributed by atoms with E-state index in [0.717, 1.165) is 24.9 Å². The molecule has 2 atom stereocenters. The standard InChI is InChI=1S/C10H18N2O/c1-3-10(13)12-6-8-4-11(2)5-9(8)7-12/h8-9H,3-7H2,1-2H3. The molecule has 2 saturated heterocycles. The van der Waals surface area contributed by atoms with Gasteiger partial charge < -0.3 is 9.80 Å².